The molecule has 5 heteroatoms. The van der Waals surface area contributed by atoms with Gasteiger partial charge in [0.05, 0.1) is 0 Å². The zero-order chi connectivity index (χ0) is 18.3. The van der Waals surface area contributed by atoms with Gasteiger partial charge in [-0.2, -0.15) is 8.42 Å². The minimum Gasteiger partial charge on any atom is -0.379 e. The van der Waals surface area contributed by atoms with Crippen LogP contribution >= 0.6 is 11.3 Å². The van der Waals surface area contributed by atoms with E-state index in [1.807, 2.05) is 12.1 Å². The topological polar surface area (TPSA) is 43.4 Å². The first-order chi connectivity index (χ1) is 12.4. The van der Waals surface area contributed by atoms with Crippen molar-refractivity contribution in [2.45, 2.75) is 24.7 Å². The van der Waals surface area contributed by atoms with Crippen molar-refractivity contribution in [3.05, 3.63) is 72.3 Å². The monoisotopic (exact) mass is 382 g/mol. The lowest BCUT2D eigenvalue weighted by Gasteiger charge is -2.07. The van der Waals surface area contributed by atoms with Crippen LogP contribution in [-0.2, 0) is 10.1 Å². The minimum atomic E-state index is -3.87. The molecule has 0 N–H and O–H groups in total. The van der Waals surface area contributed by atoms with Crippen LogP contribution in [0.2, 0.25) is 0 Å². The lowest BCUT2D eigenvalue weighted by Crippen LogP contribution is -2.09. The maximum Gasteiger partial charge on any atom is 0.339 e. The number of para-hydroxylation sites is 1. The standard InChI is InChI=1S/C21H18O3S2/c1-14(2)15-8-10-20-18(12-15)19-13-17(9-11-21(19)25-20)26(22,23)24-16-6-4-3-5-7-16/h3-14H,1-2H3. The van der Waals surface area contributed by atoms with Gasteiger partial charge < -0.3 is 4.18 Å². The minimum absolute atomic E-state index is 0.170. The zero-order valence-electron chi connectivity index (χ0n) is 14.5. The van der Waals surface area contributed by atoms with Crippen LogP contribution in [0.15, 0.2) is 71.6 Å². The molecule has 3 nitrogen and oxygen atoms in total. The summed E-state index contributed by atoms with van der Waals surface area (Å²) in [5, 5.41) is 2.04. The van der Waals surface area contributed by atoms with E-state index in [1.54, 1.807) is 47.7 Å². The molecular formula is C21H18O3S2. The van der Waals surface area contributed by atoms with Gasteiger partial charge in [-0.05, 0) is 53.9 Å². The van der Waals surface area contributed by atoms with E-state index < -0.39 is 10.1 Å². The average molecular weight is 383 g/mol. The van der Waals surface area contributed by atoms with Crippen molar-refractivity contribution in [2.24, 2.45) is 0 Å². The highest BCUT2D eigenvalue weighted by Crippen LogP contribution is 2.37. The summed E-state index contributed by atoms with van der Waals surface area (Å²) < 4.78 is 32.8. The molecule has 0 saturated heterocycles. The van der Waals surface area contributed by atoms with Crippen LogP contribution in [0.1, 0.15) is 25.3 Å². The highest BCUT2D eigenvalue weighted by atomic mass is 32.2. The normalized spacial score (nSPS) is 12.1. The van der Waals surface area contributed by atoms with E-state index in [0.717, 1.165) is 20.2 Å². The number of fused-ring (bicyclic) bond motifs is 3. The van der Waals surface area contributed by atoms with Crippen LogP contribution in [-0.4, -0.2) is 8.42 Å². The fraction of sp³-hybridized carbons (Fsp3) is 0.143. The van der Waals surface area contributed by atoms with Crippen molar-refractivity contribution in [2.75, 3.05) is 0 Å². The first-order valence-corrected chi connectivity index (χ1v) is 10.6. The first-order valence-electron chi connectivity index (χ1n) is 8.40. The molecule has 0 saturated carbocycles. The van der Waals surface area contributed by atoms with Gasteiger partial charge in [0.15, 0.2) is 0 Å². The van der Waals surface area contributed by atoms with Gasteiger partial charge in [0.25, 0.3) is 0 Å². The van der Waals surface area contributed by atoms with Gasteiger partial charge in [0.2, 0.25) is 0 Å². The Bertz CT molecular complexity index is 1190. The molecule has 0 spiro atoms. The average Bonchev–Trinajstić information content (AvgIpc) is 2.99. The van der Waals surface area contributed by atoms with Crippen molar-refractivity contribution in [1.29, 1.82) is 0 Å². The molecule has 26 heavy (non-hydrogen) atoms. The number of thiophene rings is 1. The van der Waals surface area contributed by atoms with Crippen LogP contribution in [0.25, 0.3) is 20.2 Å². The SMILES string of the molecule is CC(C)c1ccc2sc3ccc(S(=O)(=O)Oc4ccccc4)cc3c2c1. The summed E-state index contributed by atoms with van der Waals surface area (Å²) >= 11 is 1.67. The highest BCUT2D eigenvalue weighted by Gasteiger charge is 2.18. The summed E-state index contributed by atoms with van der Waals surface area (Å²) in [5.74, 6) is 0.729. The Hall–Kier alpha value is -2.37. The molecule has 0 unspecified atom stereocenters. The van der Waals surface area contributed by atoms with Gasteiger partial charge in [-0.3, -0.25) is 0 Å². The van der Waals surface area contributed by atoms with Gasteiger partial charge in [0, 0.05) is 20.2 Å². The van der Waals surface area contributed by atoms with Gasteiger partial charge in [-0.1, -0.05) is 38.1 Å². The Labute approximate surface area is 157 Å². The second kappa shape index (κ2) is 6.41. The molecule has 0 fully saturated rings. The molecule has 0 atom stereocenters. The fourth-order valence-corrected chi connectivity index (χ4v) is 4.96. The van der Waals surface area contributed by atoms with Crippen molar-refractivity contribution in [3.63, 3.8) is 0 Å². The molecule has 0 radical (unpaired) electrons. The molecule has 4 rings (SSSR count). The summed E-state index contributed by atoms with van der Waals surface area (Å²) in [6.07, 6.45) is 0. The third-order valence-corrected chi connectivity index (χ3v) is 6.76. The van der Waals surface area contributed by atoms with Gasteiger partial charge in [-0.15, -0.1) is 11.3 Å². The van der Waals surface area contributed by atoms with Crippen molar-refractivity contribution < 1.29 is 12.6 Å². The molecule has 0 bridgehead atoms. The maximum atomic E-state index is 12.7. The molecular weight excluding hydrogens is 364 g/mol. The summed E-state index contributed by atoms with van der Waals surface area (Å²) in [6.45, 7) is 4.30. The van der Waals surface area contributed by atoms with E-state index in [-0.39, 0.29) is 4.90 Å². The second-order valence-electron chi connectivity index (χ2n) is 6.52. The number of rotatable bonds is 4. The van der Waals surface area contributed by atoms with E-state index in [9.17, 15) is 8.42 Å². The molecule has 3 aromatic carbocycles. The predicted octanol–water partition coefficient (Wildman–Crippen LogP) is 5.95. The Morgan fingerprint density at radius 2 is 1.50 bits per heavy atom. The number of benzene rings is 3. The van der Waals surface area contributed by atoms with Crippen molar-refractivity contribution >= 4 is 41.6 Å². The summed E-state index contributed by atoms with van der Waals surface area (Å²) in [6, 6.07) is 20.2. The van der Waals surface area contributed by atoms with Crippen molar-refractivity contribution in [1.82, 2.24) is 0 Å². The van der Waals surface area contributed by atoms with Gasteiger partial charge in [0.1, 0.15) is 10.6 Å². The number of hydrogen-bond acceptors (Lipinski definition) is 4. The molecule has 0 amide bonds. The van der Waals surface area contributed by atoms with Crippen LogP contribution in [0.5, 0.6) is 5.75 Å². The molecule has 1 aromatic heterocycles. The third kappa shape index (κ3) is 3.08. The van der Waals surface area contributed by atoms with Gasteiger partial charge in [-0.25, -0.2) is 0 Å². The second-order valence-corrected chi connectivity index (χ2v) is 9.15. The number of hydrogen-bond donors (Lipinski definition) is 0. The fourth-order valence-electron chi connectivity index (χ4n) is 2.94. The largest absolute Gasteiger partial charge is 0.379 e. The van der Waals surface area contributed by atoms with E-state index in [0.29, 0.717) is 11.7 Å². The molecule has 0 aliphatic carbocycles. The lowest BCUT2D eigenvalue weighted by atomic mass is 10.0. The van der Waals surface area contributed by atoms with Crippen LogP contribution in [0.3, 0.4) is 0 Å². The van der Waals surface area contributed by atoms with Crippen molar-refractivity contribution in [3.8, 4) is 5.75 Å². The van der Waals surface area contributed by atoms with Crippen LogP contribution < -0.4 is 4.18 Å². The van der Waals surface area contributed by atoms with Gasteiger partial charge >= 0.3 is 10.1 Å². The highest BCUT2D eigenvalue weighted by molar-refractivity contribution is 7.87. The Morgan fingerprint density at radius 3 is 2.19 bits per heavy atom. The summed E-state index contributed by atoms with van der Waals surface area (Å²) in [4.78, 5) is 0.170. The van der Waals surface area contributed by atoms with E-state index in [2.05, 4.69) is 32.0 Å². The summed E-state index contributed by atoms with van der Waals surface area (Å²) in [7, 11) is -3.87. The summed E-state index contributed by atoms with van der Waals surface area (Å²) in [5.41, 5.74) is 1.24. The van der Waals surface area contributed by atoms with Crippen LogP contribution in [0.4, 0.5) is 0 Å². The molecule has 1 heterocycles. The Morgan fingerprint density at radius 1 is 0.846 bits per heavy atom. The smallest absolute Gasteiger partial charge is 0.339 e. The third-order valence-electron chi connectivity index (χ3n) is 4.37. The maximum absolute atomic E-state index is 12.7. The Kier molecular flexibility index (Phi) is 4.21. The predicted molar refractivity (Wildman–Crippen MR) is 108 cm³/mol. The molecule has 132 valence electrons. The van der Waals surface area contributed by atoms with E-state index in [1.165, 1.54) is 5.56 Å². The van der Waals surface area contributed by atoms with E-state index in [4.69, 9.17) is 4.18 Å². The lowest BCUT2D eigenvalue weighted by molar-refractivity contribution is 0.486. The van der Waals surface area contributed by atoms with Crippen LogP contribution in [0, 0.1) is 0 Å². The van der Waals surface area contributed by atoms with E-state index >= 15 is 0 Å². The molecule has 0 aliphatic rings. The quantitative estimate of drug-likeness (QED) is 0.410. The zero-order valence-corrected chi connectivity index (χ0v) is 16.1. The first kappa shape index (κ1) is 17.1. The Balaban J connectivity index is 1.83. The molecule has 0 aliphatic heterocycles. The molecule has 4 aromatic rings.